The smallest absolute Gasteiger partial charge is 0.326 e. The fourth-order valence-electron chi connectivity index (χ4n) is 4.41. The zero-order chi connectivity index (χ0) is 31.2. The highest BCUT2D eigenvalue weighted by atomic mass is 28.4. The van der Waals surface area contributed by atoms with E-state index in [0.717, 1.165) is 51.4 Å². The molecular weight excluding hydrogens is 555 g/mol. The first-order valence-electron chi connectivity index (χ1n) is 15.4. The Morgan fingerprint density at radius 3 is 1.70 bits per heavy atom. The van der Waals surface area contributed by atoms with Crippen molar-refractivity contribution >= 4 is 36.7 Å². The Balaban J connectivity index is 5.52. The van der Waals surface area contributed by atoms with Gasteiger partial charge in [0.15, 0.2) is 25.0 Å². The summed E-state index contributed by atoms with van der Waals surface area (Å²) in [6.45, 7) is 22.4. The van der Waals surface area contributed by atoms with Gasteiger partial charge in [-0.2, -0.15) is 0 Å². The second-order valence-electron chi connectivity index (χ2n) is 14.4. The SMILES string of the molecule is CCCCCCC(=O)CCCCCC/C=C/C(O[Si](C)(C)C)C(O[Si](C)(C)C)C(O[Si](C)(C)C)C(C)(N)C(=O)O. The fraction of sp³-hybridized carbons (Fsp3) is 0.867. The van der Waals surface area contributed by atoms with Gasteiger partial charge in [-0.05, 0) is 91.5 Å². The van der Waals surface area contributed by atoms with Crippen molar-refractivity contribution in [1.82, 2.24) is 0 Å². The highest BCUT2D eigenvalue weighted by molar-refractivity contribution is 6.70. The maximum absolute atomic E-state index is 12.3. The van der Waals surface area contributed by atoms with E-state index in [4.69, 9.17) is 19.0 Å². The van der Waals surface area contributed by atoms with Gasteiger partial charge in [0.2, 0.25) is 0 Å². The summed E-state index contributed by atoms with van der Waals surface area (Å²) in [6, 6.07) is 0. The summed E-state index contributed by atoms with van der Waals surface area (Å²) in [5.41, 5.74) is 4.81. The summed E-state index contributed by atoms with van der Waals surface area (Å²) in [5, 5.41) is 10.1. The van der Waals surface area contributed by atoms with Crippen LogP contribution in [-0.4, -0.2) is 65.7 Å². The molecule has 40 heavy (non-hydrogen) atoms. The van der Waals surface area contributed by atoms with Crippen LogP contribution in [0.25, 0.3) is 0 Å². The van der Waals surface area contributed by atoms with Gasteiger partial charge in [-0.1, -0.05) is 51.2 Å². The molecule has 0 fully saturated rings. The van der Waals surface area contributed by atoms with Crippen molar-refractivity contribution in [2.24, 2.45) is 5.73 Å². The second-order valence-corrected chi connectivity index (χ2v) is 27.7. The molecule has 0 heterocycles. The predicted octanol–water partition coefficient (Wildman–Crippen LogP) is 7.89. The average molecular weight is 618 g/mol. The molecule has 0 aromatic rings. The topological polar surface area (TPSA) is 108 Å². The normalized spacial score (nSPS) is 17.0. The lowest BCUT2D eigenvalue weighted by molar-refractivity contribution is -0.151. The van der Waals surface area contributed by atoms with E-state index in [1.54, 1.807) is 0 Å². The number of carbonyl (C=O) groups excluding carboxylic acids is 1. The Hall–Kier alpha value is -0.629. The van der Waals surface area contributed by atoms with Crippen molar-refractivity contribution in [2.45, 2.75) is 167 Å². The van der Waals surface area contributed by atoms with E-state index >= 15 is 0 Å². The number of carboxylic acid groups (broad SMARTS) is 1. The molecule has 0 saturated heterocycles. The van der Waals surface area contributed by atoms with Crippen molar-refractivity contribution in [1.29, 1.82) is 0 Å². The largest absolute Gasteiger partial charge is 0.480 e. The summed E-state index contributed by atoms with van der Waals surface area (Å²) in [5.74, 6) is -0.714. The van der Waals surface area contributed by atoms with Crippen molar-refractivity contribution < 1.29 is 28.0 Å². The number of rotatable bonds is 23. The van der Waals surface area contributed by atoms with Gasteiger partial charge in [0.05, 0.1) is 6.10 Å². The van der Waals surface area contributed by atoms with Crippen LogP contribution in [-0.2, 0) is 22.9 Å². The van der Waals surface area contributed by atoms with Crippen LogP contribution in [0.3, 0.4) is 0 Å². The molecule has 0 aliphatic carbocycles. The number of hydrogen-bond donors (Lipinski definition) is 2. The van der Waals surface area contributed by atoms with Gasteiger partial charge >= 0.3 is 5.97 Å². The molecule has 0 aliphatic rings. The monoisotopic (exact) mass is 617 g/mol. The van der Waals surface area contributed by atoms with E-state index in [9.17, 15) is 14.7 Å². The molecule has 4 unspecified atom stereocenters. The number of carboxylic acids is 1. The number of allylic oxidation sites excluding steroid dienone is 1. The average Bonchev–Trinajstić information content (AvgIpc) is 2.77. The van der Waals surface area contributed by atoms with Gasteiger partial charge in [-0.3, -0.25) is 9.59 Å². The molecule has 0 radical (unpaired) electrons. The lowest BCUT2D eigenvalue weighted by Crippen LogP contribution is -2.66. The standard InChI is InChI=1S/C30H63NO6Si3/c1-12-13-14-19-22-25(32)23-20-17-15-16-18-21-24-26(35-38(3,4)5)27(36-39(6,7)8)28(37-40(9,10)11)30(2,31)29(33)34/h21,24,26-28H,12-20,22-23,31H2,1-11H3,(H,33,34)/b24-21+. The molecule has 0 spiro atoms. The summed E-state index contributed by atoms with van der Waals surface area (Å²) >= 11 is 0. The molecule has 4 atom stereocenters. The Morgan fingerprint density at radius 1 is 0.775 bits per heavy atom. The fourth-order valence-corrected chi connectivity index (χ4v) is 7.65. The molecule has 236 valence electrons. The summed E-state index contributed by atoms with van der Waals surface area (Å²) in [7, 11) is -6.38. The van der Waals surface area contributed by atoms with Crippen molar-refractivity contribution in [3.63, 3.8) is 0 Å². The van der Waals surface area contributed by atoms with Crippen molar-refractivity contribution in [3.8, 4) is 0 Å². The number of aliphatic carboxylic acids is 1. The molecule has 0 aliphatic heterocycles. The third-order valence-corrected chi connectivity index (χ3v) is 9.26. The molecular formula is C30H63NO6Si3. The van der Waals surface area contributed by atoms with Gasteiger partial charge in [0, 0.05) is 12.8 Å². The van der Waals surface area contributed by atoms with Gasteiger partial charge in [0.25, 0.3) is 0 Å². The van der Waals surface area contributed by atoms with Gasteiger partial charge in [-0.15, -0.1) is 0 Å². The zero-order valence-electron chi connectivity index (χ0n) is 27.7. The highest BCUT2D eigenvalue weighted by Gasteiger charge is 2.49. The van der Waals surface area contributed by atoms with Crippen LogP contribution in [0.1, 0.15) is 84.5 Å². The van der Waals surface area contributed by atoms with Crippen LogP contribution in [0.4, 0.5) is 0 Å². The maximum atomic E-state index is 12.3. The van der Waals surface area contributed by atoms with Crippen LogP contribution >= 0.6 is 0 Å². The lowest BCUT2D eigenvalue weighted by atomic mass is 9.89. The molecule has 10 heteroatoms. The van der Waals surface area contributed by atoms with Crippen LogP contribution < -0.4 is 5.73 Å². The lowest BCUT2D eigenvalue weighted by Gasteiger charge is -2.45. The Morgan fingerprint density at radius 2 is 1.25 bits per heavy atom. The van der Waals surface area contributed by atoms with Crippen molar-refractivity contribution in [2.75, 3.05) is 0 Å². The van der Waals surface area contributed by atoms with Crippen LogP contribution in [0.15, 0.2) is 12.2 Å². The zero-order valence-corrected chi connectivity index (χ0v) is 30.7. The van der Waals surface area contributed by atoms with E-state index < -0.39 is 54.8 Å². The molecule has 7 nitrogen and oxygen atoms in total. The van der Waals surface area contributed by atoms with E-state index in [-0.39, 0.29) is 0 Å². The number of nitrogens with two attached hydrogens (primary N) is 1. The molecule has 0 saturated carbocycles. The van der Waals surface area contributed by atoms with Crippen LogP contribution in [0.5, 0.6) is 0 Å². The minimum absolute atomic E-state index is 0.402. The number of ketones is 1. The van der Waals surface area contributed by atoms with Gasteiger partial charge in [0.1, 0.15) is 23.5 Å². The number of unbranched alkanes of at least 4 members (excludes halogenated alkanes) is 7. The second kappa shape index (κ2) is 18.1. The van der Waals surface area contributed by atoms with E-state index in [1.165, 1.54) is 19.8 Å². The third kappa shape index (κ3) is 18.7. The first-order chi connectivity index (χ1) is 18.2. The van der Waals surface area contributed by atoms with Gasteiger partial charge < -0.3 is 24.1 Å². The predicted molar refractivity (Wildman–Crippen MR) is 175 cm³/mol. The quantitative estimate of drug-likeness (QED) is 0.0682. The van der Waals surface area contributed by atoms with E-state index in [0.29, 0.717) is 12.2 Å². The summed E-state index contributed by atoms with van der Waals surface area (Å²) in [4.78, 5) is 24.4. The molecule has 0 aromatic heterocycles. The first kappa shape index (κ1) is 39.4. The minimum atomic E-state index is -2.20. The Bertz CT molecular complexity index is 769. The number of hydrogen-bond acceptors (Lipinski definition) is 6. The molecule has 0 amide bonds. The van der Waals surface area contributed by atoms with Crippen LogP contribution in [0.2, 0.25) is 58.9 Å². The molecule has 0 bridgehead atoms. The number of Topliss-reactive ketones (excluding diaryl/α,β-unsaturated/α-hetero) is 1. The molecule has 3 N–H and O–H groups in total. The maximum Gasteiger partial charge on any atom is 0.326 e. The Labute approximate surface area is 249 Å². The first-order valence-corrected chi connectivity index (χ1v) is 25.7. The van der Waals surface area contributed by atoms with Gasteiger partial charge in [-0.25, -0.2) is 0 Å². The van der Waals surface area contributed by atoms with E-state index in [1.807, 2.05) is 25.7 Å². The minimum Gasteiger partial charge on any atom is -0.480 e. The Kier molecular flexibility index (Phi) is 17.8. The van der Waals surface area contributed by atoms with E-state index in [2.05, 4.69) is 52.3 Å². The summed E-state index contributed by atoms with van der Waals surface area (Å²) in [6.07, 6.45) is 13.2. The van der Waals surface area contributed by atoms with Crippen LogP contribution in [0, 0.1) is 0 Å². The third-order valence-electron chi connectivity index (χ3n) is 6.35. The molecule has 0 aromatic carbocycles. The summed E-state index contributed by atoms with van der Waals surface area (Å²) < 4.78 is 19.8. The highest BCUT2D eigenvalue weighted by Crippen LogP contribution is 2.29. The molecule has 0 rings (SSSR count). The number of carbonyl (C=O) groups is 2. The van der Waals surface area contributed by atoms with Crippen molar-refractivity contribution in [3.05, 3.63) is 12.2 Å².